The van der Waals surface area contributed by atoms with E-state index >= 15 is 0 Å². The minimum Gasteiger partial charge on any atom is -0.444 e. The van der Waals surface area contributed by atoms with Crippen molar-refractivity contribution >= 4 is 27.0 Å². The van der Waals surface area contributed by atoms with Gasteiger partial charge in [-0.3, -0.25) is 4.99 Å². The fourth-order valence-electron chi connectivity index (χ4n) is 3.25. The van der Waals surface area contributed by atoms with Gasteiger partial charge in [0.15, 0.2) is 22.0 Å². The average Bonchev–Trinajstić information content (AvgIpc) is 3.32. The van der Waals surface area contributed by atoms with Gasteiger partial charge in [0.1, 0.15) is 16.1 Å². The molecule has 4 rings (SSSR count). The number of hydrogen-bond acceptors (Lipinski definition) is 7. The van der Waals surface area contributed by atoms with Gasteiger partial charge >= 0.3 is 0 Å². The highest BCUT2D eigenvalue weighted by Crippen LogP contribution is 2.41. The standard InChI is InChI=1S/C20H21N3O3S2/c1-19(2)18(21)23-20(3,11-28(19,24)25)17-8-15(10-27-17)13-5-4-6-14(7-13)16-9-22-12-26-16/h4-10,12H,11H2,1-3H3,(H2,21,23). The maximum atomic E-state index is 12.8. The molecule has 1 atom stereocenters. The van der Waals surface area contributed by atoms with E-state index in [0.717, 1.165) is 21.6 Å². The Morgan fingerprint density at radius 3 is 2.57 bits per heavy atom. The zero-order valence-corrected chi connectivity index (χ0v) is 17.5. The molecule has 1 aromatic carbocycles. The van der Waals surface area contributed by atoms with Crippen LogP contribution in [-0.4, -0.2) is 29.7 Å². The van der Waals surface area contributed by atoms with Crippen LogP contribution in [0.4, 0.5) is 0 Å². The van der Waals surface area contributed by atoms with Gasteiger partial charge in [-0.2, -0.15) is 0 Å². The van der Waals surface area contributed by atoms with Gasteiger partial charge in [-0.15, -0.1) is 11.3 Å². The Morgan fingerprint density at radius 2 is 1.89 bits per heavy atom. The van der Waals surface area contributed by atoms with Gasteiger partial charge in [0.05, 0.1) is 11.9 Å². The number of nitrogens with two attached hydrogens (primary N) is 1. The van der Waals surface area contributed by atoms with E-state index in [0.29, 0.717) is 5.76 Å². The van der Waals surface area contributed by atoms with Crippen molar-refractivity contribution in [2.75, 3.05) is 5.75 Å². The summed E-state index contributed by atoms with van der Waals surface area (Å²) in [7, 11) is -3.43. The van der Waals surface area contributed by atoms with Crippen molar-refractivity contribution in [2.45, 2.75) is 31.1 Å². The number of thiophene rings is 1. The van der Waals surface area contributed by atoms with Gasteiger partial charge in [0.25, 0.3) is 0 Å². The summed E-state index contributed by atoms with van der Waals surface area (Å²) in [5.74, 6) is 0.789. The summed E-state index contributed by atoms with van der Waals surface area (Å²) >= 11 is 1.49. The molecule has 0 spiro atoms. The smallest absolute Gasteiger partial charge is 0.181 e. The topological polar surface area (TPSA) is 98.5 Å². The maximum Gasteiger partial charge on any atom is 0.181 e. The highest BCUT2D eigenvalue weighted by molar-refractivity contribution is 7.93. The number of nitrogens with zero attached hydrogens (tertiary/aromatic N) is 2. The van der Waals surface area contributed by atoms with E-state index in [1.165, 1.54) is 17.7 Å². The average molecular weight is 416 g/mol. The molecule has 1 aliphatic heterocycles. The third kappa shape index (κ3) is 2.97. The van der Waals surface area contributed by atoms with Crippen LogP contribution in [0.15, 0.2) is 57.7 Å². The number of hydrogen-bond donors (Lipinski definition) is 1. The Kier molecular flexibility index (Phi) is 4.24. The van der Waals surface area contributed by atoms with Crippen molar-refractivity contribution in [3.05, 3.63) is 53.2 Å². The van der Waals surface area contributed by atoms with Crippen molar-refractivity contribution in [1.29, 1.82) is 0 Å². The largest absolute Gasteiger partial charge is 0.444 e. The van der Waals surface area contributed by atoms with Crippen LogP contribution in [-0.2, 0) is 15.4 Å². The first-order valence-corrected chi connectivity index (χ1v) is 11.3. The van der Waals surface area contributed by atoms with Gasteiger partial charge in [0.2, 0.25) is 0 Å². The quantitative estimate of drug-likeness (QED) is 0.700. The third-order valence-corrected chi connectivity index (χ3v) is 9.17. The maximum absolute atomic E-state index is 12.8. The molecule has 0 aliphatic carbocycles. The molecule has 0 fully saturated rings. The summed E-state index contributed by atoms with van der Waals surface area (Å²) in [5.41, 5.74) is 8.10. The molecule has 8 heteroatoms. The lowest BCUT2D eigenvalue weighted by atomic mass is 9.99. The van der Waals surface area contributed by atoms with Crippen molar-refractivity contribution in [1.82, 2.24) is 4.98 Å². The Morgan fingerprint density at radius 1 is 1.14 bits per heavy atom. The molecule has 1 unspecified atom stereocenters. The fraction of sp³-hybridized carbons (Fsp3) is 0.300. The van der Waals surface area contributed by atoms with Gasteiger partial charge < -0.3 is 10.2 Å². The summed E-state index contributed by atoms with van der Waals surface area (Å²) in [4.78, 5) is 9.43. The van der Waals surface area contributed by atoms with Crippen LogP contribution >= 0.6 is 11.3 Å². The van der Waals surface area contributed by atoms with Crippen molar-refractivity contribution in [3.63, 3.8) is 0 Å². The van der Waals surface area contributed by atoms with Crippen molar-refractivity contribution < 1.29 is 12.8 Å². The molecule has 6 nitrogen and oxygen atoms in total. The lowest BCUT2D eigenvalue weighted by Crippen LogP contribution is -2.54. The summed E-state index contributed by atoms with van der Waals surface area (Å²) in [5, 5.41) is 2.01. The molecule has 2 aromatic heterocycles. The summed E-state index contributed by atoms with van der Waals surface area (Å²) in [6, 6.07) is 9.93. The van der Waals surface area contributed by atoms with Crippen molar-refractivity contribution in [3.8, 4) is 22.5 Å². The van der Waals surface area contributed by atoms with Crippen LogP contribution in [0.1, 0.15) is 25.6 Å². The predicted octanol–water partition coefficient (Wildman–Crippen LogP) is 3.85. The highest BCUT2D eigenvalue weighted by Gasteiger charge is 2.49. The van der Waals surface area contributed by atoms with E-state index in [2.05, 4.69) is 9.98 Å². The zero-order valence-electron chi connectivity index (χ0n) is 15.8. The lowest BCUT2D eigenvalue weighted by Gasteiger charge is -2.37. The lowest BCUT2D eigenvalue weighted by molar-refractivity contribution is 0.507. The van der Waals surface area contributed by atoms with Gasteiger partial charge in [-0.25, -0.2) is 13.4 Å². The number of sulfone groups is 1. The van der Waals surface area contributed by atoms with Crippen LogP contribution in [0.25, 0.3) is 22.5 Å². The number of aromatic nitrogens is 1. The normalized spacial score (nSPS) is 23.3. The Balaban J connectivity index is 1.73. The van der Waals surface area contributed by atoms with Gasteiger partial charge in [0, 0.05) is 10.4 Å². The molecule has 0 radical (unpaired) electrons. The van der Waals surface area contributed by atoms with Gasteiger partial charge in [-0.1, -0.05) is 18.2 Å². The third-order valence-electron chi connectivity index (χ3n) is 5.28. The molecular formula is C20H21N3O3S2. The molecule has 146 valence electrons. The molecule has 28 heavy (non-hydrogen) atoms. The molecule has 0 saturated heterocycles. The second-order valence-electron chi connectivity index (χ2n) is 7.69. The Hall–Kier alpha value is -2.45. The minimum atomic E-state index is -3.43. The van der Waals surface area contributed by atoms with Crippen LogP contribution in [0.2, 0.25) is 0 Å². The second-order valence-corrected chi connectivity index (χ2v) is 11.1. The van der Waals surface area contributed by atoms with E-state index in [-0.39, 0.29) is 11.6 Å². The van der Waals surface area contributed by atoms with E-state index in [4.69, 9.17) is 10.2 Å². The molecule has 0 amide bonds. The van der Waals surface area contributed by atoms with Crippen LogP contribution < -0.4 is 5.73 Å². The molecular weight excluding hydrogens is 394 g/mol. The first kappa shape index (κ1) is 18.9. The number of amidine groups is 1. The highest BCUT2D eigenvalue weighted by atomic mass is 32.2. The molecule has 2 N–H and O–H groups in total. The first-order chi connectivity index (χ1) is 13.1. The minimum absolute atomic E-state index is 0.0637. The Labute approximate surface area is 168 Å². The second kappa shape index (κ2) is 6.28. The van der Waals surface area contributed by atoms with E-state index in [9.17, 15) is 8.42 Å². The zero-order chi connectivity index (χ0) is 20.2. The Bertz CT molecular complexity index is 1160. The number of benzene rings is 1. The summed E-state index contributed by atoms with van der Waals surface area (Å²) < 4.78 is 29.8. The van der Waals surface area contributed by atoms with E-state index in [1.807, 2.05) is 42.6 Å². The summed E-state index contributed by atoms with van der Waals surface area (Å²) in [6.45, 7) is 5.04. The molecule has 3 heterocycles. The fourth-order valence-corrected chi connectivity index (χ4v) is 6.05. The molecule has 1 aliphatic rings. The number of oxazole rings is 1. The van der Waals surface area contributed by atoms with Crippen LogP contribution in [0.5, 0.6) is 0 Å². The number of aliphatic imine (C=N–C) groups is 1. The van der Waals surface area contributed by atoms with E-state index < -0.39 is 20.1 Å². The SMILES string of the molecule is CC1(c2cc(-c3cccc(-c4cnco4)c3)cs2)CS(=O)(=O)C(C)(C)C(N)=N1. The monoisotopic (exact) mass is 415 g/mol. The van der Waals surface area contributed by atoms with Crippen LogP contribution in [0.3, 0.4) is 0 Å². The molecule has 3 aromatic rings. The summed E-state index contributed by atoms with van der Waals surface area (Å²) in [6.07, 6.45) is 3.07. The molecule has 0 saturated carbocycles. The first-order valence-electron chi connectivity index (χ1n) is 8.79. The van der Waals surface area contributed by atoms with Crippen LogP contribution in [0, 0.1) is 0 Å². The van der Waals surface area contributed by atoms with Gasteiger partial charge in [-0.05, 0) is 49.4 Å². The number of rotatable bonds is 3. The predicted molar refractivity (Wildman–Crippen MR) is 112 cm³/mol. The van der Waals surface area contributed by atoms with E-state index in [1.54, 1.807) is 20.0 Å². The van der Waals surface area contributed by atoms with Crippen molar-refractivity contribution in [2.24, 2.45) is 10.7 Å². The molecule has 0 bridgehead atoms.